The second-order valence-corrected chi connectivity index (χ2v) is 6.75. The standard InChI is InChI=1S/C21H18N4OS/c26-19(23-17-12-7-13-18-21(17)25-27-24-18)14-22-20(15-8-3-1-4-9-15)16-10-5-2-6-11-16/h1-13,20,22H,14H2,(H,23,26)/p+1. The molecule has 0 aliphatic carbocycles. The molecule has 1 aromatic heterocycles. The maximum Gasteiger partial charge on any atom is 0.279 e. The number of hydrogen-bond donors (Lipinski definition) is 2. The lowest BCUT2D eigenvalue weighted by atomic mass is 9.99. The quantitative estimate of drug-likeness (QED) is 0.544. The second kappa shape index (κ2) is 8.07. The van der Waals surface area contributed by atoms with Crippen molar-refractivity contribution in [2.24, 2.45) is 0 Å². The van der Waals surface area contributed by atoms with E-state index < -0.39 is 0 Å². The van der Waals surface area contributed by atoms with Crippen LogP contribution in [-0.2, 0) is 4.79 Å². The van der Waals surface area contributed by atoms with Crippen LogP contribution in [0.3, 0.4) is 0 Å². The van der Waals surface area contributed by atoms with Crippen LogP contribution in [0, 0.1) is 0 Å². The fourth-order valence-corrected chi connectivity index (χ4v) is 3.67. The van der Waals surface area contributed by atoms with Crippen LogP contribution in [0.4, 0.5) is 5.69 Å². The Balaban J connectivity index is 1.49. The SMILES string of the molecule is O=C(C[NH2+]C(c1ccccc1)c1ccccc1)Nc1cccc2nsnc12. The summed E-state index contributed by atoms with van der Waals surface area (Å²) in [5.74, 6) is -0.0626. The van der Waals surface area contributed by atoms with E-state index >= 15 is 0 Å². The second-order valence-electron chi connectivity index (χ2n) is 6.22. The molecule has 134 valence electrons. The number of nitrogens with zero attached hydrogens (tertiary/aromatic N) is 2. The van der Waals surface area contributed by atoms with Crippen molar-refractivity contribution in [1.29, 1.82) is 0 Å². The van der Waals surface area contributed by atoms with Crippen LogP contribution in [0.5, 0.6) is 0 Å². The molecule has 1 heterocycles. The molecular formula is C21H19N4OS+. The zero-order chi connectivity index (χ0) is 18.5. The summed E-state index contributed by atoms with van der Waals surface area (Å²) >= 11 is 1.15. The predicted octanol–water partition coefficient (Wildman–Crippen LogP) is 2.98. The summed E-state index contributed by atoms with van der Waals surface area (Å²) in [6.07, 6.45) is 0. The molecule has 0 atom stereocenters. The van der Waals surface area contributed by atoms with Crippen molar-refractivity contribution in [2.45, 2.75) is 6.04 Å². The number of fused-ring (bicyclic) bond motifs is 1. The van der Waals surface area contributed by atoms with Gasteiger partial charge in [-0.15, -0.1) is 0 Å². The van der Waals surface area contributed by atoms with Crippen molar-refractivity contribution < 1.29 is 10.1 Å². The van der Waals surface area contributed by atoms with Gasteiger partial charge in [-0.05, 0) is 12.1 Å². The highest BCUT2D eigenvalue weighted by Gasteiger charge is 2.19. The number of quaternary nitrogens is 1. The summed E-state index contributed by atoms with van der Waals surface area (Å²) in [7, 11) is 0. The van der Waals surface area contributed by atoms with E-state index in [4.69, 9.17) is 0 Å². The average molecular weight is 375 g/mol. The fraction of sp³-hybridized carbons (Fsp3) is 0.0952. The van der Waals surface area contributed by atoms with Crippen molar-refractivity contribution in [3.05, 3.63) is 90.0 Å². The molecule has 3 aromatic carbocycles. The fourth-order valence-electron chi connectivity index (χ4n) is 3.12. The van der Waals surface area contributed by atoms with Gasteiger partial charge in [0.05, 0.1) is 17.4 Å². The molecule has 0 unspecified atom stereocenters. The number of hydrogen-bond acceptors (Lipinski definition) is 4. The van der Waals surface area contributed by atoms with Crippen molar-refractivity contribution >= 4 is 34.4 Å². The molecule has 27 heavy (non-hydrogen) atoms. The van der Waals surface area contributed by atoms with Gasteiger partial charge in [-0.2, -0.15) is 8.75 Å². The lowest BCUT2D eigenvalue weighted by Gasteiger charge is -2.16. The van der Waals surface area contributed by atoms with Gasteiger partial charge in [-0.3, -0.25) is 4.79 Å². The largest absolute Gasteiger partial charge is 0.328 e. The molecule has 0 saturated carbocycles. The first-order chi connectivity index (χ1) is 13.3. The highest BCUT2D eigenvalue weighted by atomic mass is 32.1. The molecule has 0 aliphatic heterocycles. The van der Waals surface area contributed by atoms with Gasteiger partial charge < -0.3 is 10.6 Å². The number of carbonyl (C=O) groups is 1. The monoisotopic (exact) mass is 375 g/mol. The van der Waals surface area contributed by atoms with Crippen molar-refractivity contribution in [3.63, 3.8) is 0 Å². The Morgan fingerprint density at radius 1 is 0.889 bits per heavy atom. The molecule has 0 radical (unpaired) electrons. The summed E-state index contributed by atoms with van der Waals surface area (Å²) in [6, 6.07) is 26.1. The number of anilines is 1. The first kappa shape index (κ1) is 17.3. The third kappa shape index (κ3) is 4.02. The van der Waals surface area contributed by atoms with E-state index in [9.17, 15) is 4.79 Å². The summed E-state index contributed by atoms with van der Waals surface area (Å²) in [5, 5.41) is 5.02. The van der Waals surface area contributed by atoms with Gasteiger partial charge in [-0.1, -0.05) is 66.7 Å². The van der Waals surface area contributed by atoms with Crippen molar-refractivity contribution in [1.82, 2.24) is 8.75 Å². The predicted molar refractivity (Wildman–Crippen MR) is 108 cm³/mol. The number of aromatic nitrogens is 2. The van der Waals surface area contributed by atoms with Crippen molar-refractivity contribution in [2.75, 3.05) is 11.9 Å². The van der Waals surface area contributed by atoms with E-state index in [2.05, 4.69) is 43.6 Å². The summed E-state index contributed by atoms with van der Waals surface area (Å²) in [4.78, 5) is 12.6. The Kier molecular flexibility index (Phi) is 5.18. The number of nitrogens with two attached hydrogens (primary N) is 1. The van der Waals surface area contributed by atoms with Crippen LogP contribution < -0.4 is 10.6 Å². The van der Waals surface area contributed by atoms with Gasteiger partial charge >= 0.3 is 0 Å². The Morgan fingerprint density at radius 3 is 2.22 bits per heavy atom. The topological polar surface area (TPSA) is 71.5 Å². The van der Waals surface area contributed by atoms with Gasteiger partial charge in [0.15, 0.2) is 6.54 Å². The maximum atomic E-state index is 12.6. The van der Waals surface area contributed by atoms with E-state index in [0.717, 1.165) is 22.8 Å². The van der Waals surface area contributed by atoms with E-state index in [-0.39, 0.29) is 11.9 Å². The van der Waals surface area contributed by atoms with Gasteiger partial charge in [0.1, 0.15) is 17.1 Å². The van der Waals surface area contributed by atoms with E-state index in [1.165, 1.54) is 11.1 Å². The summed E-state index contributed by atoms with van der Waals surface area (Å²) < 4.78 is 8.48. The van der Waals surface area contributed by atoms with E-state index in [1.807, 2.05) is 54.6 Å². The number of amides is 1. The van der Waals surface area contributed by atoms with Gasteiger partial charge in [0.25, 0.3) is 5.91 Å². The van der Waals surface area contributed by atoms with Gasteiger partial charge in [0, 0.05) is 11.1 Å². The zero-order valence-electron chi connectivity index (χ0n) is 14.6. The third-order valence-electron chi connectivity index (χ3n) is 4.42. The minimum absolute atomic E-state index is 0.0626. The molecule has 6 heteroatoms. The Labute approximate surface area is 161 Å². The third-order valence-corrected chi connectivity index (χ3v) is 4.96. The summed E-state index contributed by atoms with van der Waals surface area (Å²) in [5.41, 5.74) is 4.58. The normalized spacial score (nSPS) is 11.0. The van der Waals surface area contributed by atoms with Crippen molar-refractivity contribution in [3.8, 4) is 0 Å². The van der Waals surface area contributed by atoms with E-state index in [1.54, 1.807) is 0 Å². The van der Waals surface area contributed by atoms with Crippen LogP contribution in [0.15, 0.2) is 78.9 Å². The molecule has 0 bridgehead atoms. The number of rotatable bonds is 6. The van der Waals surface area contributed by atoms with Crippen LogP contribution in [-0.4, -0.2) is 21.2 Å². The molecule has 0 saturated heterocycles. The molecule has 5 nitrogen and oxygen atoms in total. The molecule has 0 aliphatic rings. The van der Waals surface area contributed by atoms with Crippen LogP contribution >= 0.6 is 11.7 Å². The first-order valence-corrected chi connectivity index (χ1v) is 9.48. The Morgan fingerprint density at radius 2 is 1.56 bits per heavy atom. The molecule has 4 aromatic rings. The number of benzene rings is 3. The molecule has 0 fully saturated rings. The smallest absolute Gasteiger partial charge is 0.279 e. The highest BCUT2D eigenvalue weighted by molar-refractivity contribution is 7.00. The highest BCUT2D eigenvalue weighted by Crippen LogP contribution is 2.21. The minimum atomic E-state index is -0.0626. The molecule has 3 N–H and O–H groups in total. The van der Waals surface area contributed by atoms with Gasteiger partial charge in [-0.25, -0.2) is 0 Å². The van der Waals surface area contributed by atoms with Crippen LogP contribution in [0.25, 0.3) is 11.0 Å². The molecular weight excluding hydrogens is 356 g/mol. The van der Waals surface area contributed by atoms with Crippen LogP contribution in [0.2, 0.25) is 0 Å². The number of nitrogens with one attached hydrogen (secondary N) is 1. The lowest BCUT2D eigenvalue weighted by molar-refractivity contribution is -0.676. The Bertz CT molecular complexity index is 994. The van der Waals surface area contributed by atoms with Crippen LogP contribution in [0.1, 0.15) is 17.2 Å². The molecule has 4 rings (SSSR count). The Hall–Kier alpha value is -3.09. The minimum Gasteiger partial charge on any atom is -0.328 e. The number of carbonyl (C=O) groups excluding carboxylic acids is 1. The first-order valence-electron chi connectivity index (χ1n) is 8.75. The molecule has 0 spiro atoms. The molecule has 1 amide bonds. The maximum absolute atomic E-state index is 12.6. The van der Waals surface area contributed by atoms with E-state index in [0.29, 0.717) is 12.2 Å². The zero-order valence-corrected chi connectivity index (χ0v) is 15.4. The summed E-state index contributed by atoms with van der Waals surface area (Å²) in [6.45, 7) is 0.308. The average Bonchev–Trinajstić information content (AvgIpc) is 3.20. The lowest BCUT2D eigenvalue weighted by Crippen LogP contribution is -2.87. The van der Waals surface area contributed by atoms with Gasteiger partial charge in [0.2, 0.25) is 0 Å².